The summed E-state index contributed by atoms with van der Waals surface area (Å²) in [5.41, 5.74) is -1.04. The third-order valence-electron chi connectivity index (χ3n) is 5.66. The molecule has 1 amide bonds. The van der Waals surface area contributed by atoms with Gasteiger partial charge in [-0.1, -0.05) is 13.8 Å². The Labute approximate surface area is 234 Å². The van der Waals surface area contributed by atoms with Crippen LogP contribution in [0.1, 0.15) is 25.8 Å². The Hall–Kier alpha value is -3.89. The third-order valence-corrected chi connectivity index (χ3v) is 8.08. The Bertz CT molecular complexity index is 1790. The molecule has 4 N–H and O–H groups in total. The highest BCUT2D eigenvalue weighted by Crippen LogP contribution is 2.33. The SMILES string of the molecule is CC(C)CCn1c(=O)c(C2=NS(=O)(=O)c3cc(NS(=O)(=O)NC(=O)OCCCl)ccc3N2)c(O)c2cccnc21. The highest BCUT2D eigenvalue weighted by Gasteiger charge is 2.31. The number of alkyl halides is 1. The number of halogens is 1. The number of aromatic hydroxyl groups is 1. The van der Waals surface area contributed by atoms with Gasteiger partial charge in [0, 0.05) is 12.7 Å². The van der Waals surface area contributed by atoms with Gasteiger partial charge in [0.05, 0.1) is 22.6 Å². The van der Waals surface area contributed by atoms with Gasteiger partial charge in [0.25, 0.3) is 15.6 Å². The average Bonchev–Trinajstić information content (AvgIpc) is 2.87. The highest BCUT2D eigenvalue weighted by atomic mass is 35.5. The van der Waals surface area contributed by atoms with Gasteiger partial charge >= 0.3 is 16.3 Å². The zero-order valence-electron chi connectivity index (χ0n) is 21.2. The number of benzene rings is 1. The molecule has 1 aromatic carbocycles. The zero-order valence-corrected chi connectivity index (χ0v) is 23.6. The first-order chi connectivity index (χ1) is 18.8. The summed E-state index contributed by atoms with van der Waals surface area (Å²) < 4.78 is 64.0. The predicted octanol–water partition coefficient (Wildman–Crippen LogP) is 2.33. The first-order valence-electron chi connectivity index (χ1n) is 11.8. The predicted molar refractivity (Wildman–Crippen MR) is 149 cm³/mol. The van der Waals surface area contributed by atoms with Crippen LogP contribution in [0.2, 0.25) is 0 Å². The van der Waals surface area contributed by atoms with E-state index in [2.05, 4.69) is 19.4 Å². The number of carbonyl (C=O) groups excluding carboxylic acids is 1. The molecule has 0 aliphatic carbocycles. The van der Waals surface area contributed by atoms with Crippen molar-refractivity contribution >= 4 is 66.2 Å². The Morgan fingerprint density at radius 2 is 2.02 bits per heavy atom. The molecule has 17 heteroatoms. The van der Waals surface area contributed by atoms with Gasteiger partial charge in [-0.05, 0) is 42.7 Å². The number of nitrogens with one attached hydrogen (secondary N) is 3. The normalized spacial score (nSPS) is 14.2. The molecule has 1 aliphatic heterocycles. The maximum absolute atomic E-state index is 13.5. The number of rotatable bonds is 9. The van der Waals surface area contributed by atoms with E-state index in [0.717, 1.165) is 6.07 Å². The topological polar surface area (TPSA) is 198 Å². The monoisotopic (exact) mass is 612 g/mol. The number of hydrogen-bond donors (Lipinski definition) is 4. The lowest BCUT2D eigenvalue weighted by Crippen LogP contribution is -2.36. The molecule has 3 aromatic rings. The van der Waals surface area contributed by atoms with Crippen molar-refractivity contribution in [1.29, 1.82) is 0 Å². The summed E-state index contributed by atoms with van der Waals surface area (Å²) in [5.74, 6) is -0.691. The standard InChI is InChI=1S/C23H25ClN6O8S2/c1-13(2)7-10-30-21-15(4-3-9-25-21)19(31)18(22(30)32)20-26-16-6-5-14(12-17(16)39(34,35)28-20)27-40(36,37)29-23(33)38-11-8-24/h3-6,9,12-13,27,31H,7-8,10-11H2,1-2H3,(H,26,28)(H,29,33). The largest absolute Gasteiger partial charge is 0.506 e. The van der Waals surface area contributed by atoms with Gasteiger partial charge < -0.3 is 15.2 Å². The summed E-state index contributed by atoms with van der Waals surface area (Å²) in [7, 11) is -8.97. The number of nitrogens with zero attached hydrogens (tertiary/aromatic N) is 3. The Morgan fingerprint density at radius 1 is 1.27 bits per heavy atom. The van der Waals surface area contributed by atoms with Crippen molar-refractivity contribution in [2.45, 2.75) is 31.7 Å². The van der Waals surface area contributed by atoms with E-state index >= 15 is 0 Å². The lowest BCUT2D eigenvalue weighted by molar-refractivity contribution is 0.159. The van der Waals surface area contributed by atoms with E-state index in [-0.39, 0.29) is 52.9 Å². The van der Waals surface area contributed by atoms with Gasteiger partial charge in [0.2, 0.25) is 0 Å². The third kappa shape index (κ3) is 6.13. The fourth-order valence-corrected chi connectivity index (χ4v) is 5.85. The number of aryl methyl sites for hydroxylation is 1. The second kappa shape index (κ2) is 11.3. The zero-order chi connectivity index (χ0) is 29.2. The molecular weight excluding hydrogens is 588 g/mol. The van der Waals surface area contributed by atoms with E-state index in [9.17, 15) is 31.5 Å². The van der Waals surface area contributed by atoms with Crippen LogP contribution in [-0.4, -0.2) is 55.9 Å². The molecule has 0 saturated carbocycles. The van der Waals surface area contributed by atoms with Crippen LogP contribution in [0, 0.1) is 5.92 Å². The molecule has 4 rings (SSSR count). The number of anilines is 2. The van der Waals surface area contributed by atoms with E-state index in [1.807, 2.05) is 18.6 Å². The molecular formula is C23H25ClN6O8S2. The van der Waals surface area contributed by atoms with Crippen LogP contribution in [0.3, 0.4) is 0 Å². The summed E-state index contributed by atoms with van der Waals surface area (Å²) in [6.07, 6.45) is 0.821. The Kier molecular flexibility index (Phi) is 8.23. The van der Waals surface area contributed by atoms with Gasteiger partial charge in [-0.2, -0.15) is 16.8 Å². The van der Waals surface area contributed by atoms with Crippen LogP contribution in [0.25, 0.3) is 11.0 Å². The number of amides is 1. The van der Waals surface area contributed by atoms with Crippen molar-refractivity contribution in [3.8, 4) is 5.75 Å². The maximum atomic E-state index is 13.5. The molecule has 1 aliphatic rings. The van der Waals surface area contributed by atoms with Gasteiger partial charge in [-0.15, -0.1) is 16.0 Å². The van der Waals surface area contributed by atoms with Crippen LogP contribution in [0.15, 0.2) is 50.6 Å². The number of pyridine rings is 2. The second-order valence-electron chi connectivity index (χ2n) is 9.02. The van der Waals surface area contributed by atoms with Crippen molar-refractivity contribution in [1.82, 2.24) is 14.3 Å². The molecule has 0 unspecified atom stereocenters. The highest BCUT2D eigenvalue weighted by molar-refractivity contribution is 7.91. The molecule has 40 heavy (non-hydrogen) atoms. The Morgan fingerprint density at radius 3 is 2.73 bits per heavy atom. The molecule has 14 nitrogen and oxygen atoms in total. The van der Waals surface area contributed by atoms with Crippen LogP contribution in [0.5, 0.6) is 5.75 Å². The number of amidine groups is 1. The smallest absolute Gasteiger partial charge is 0.422 e. The van der Waals surface area contributed by atoms with Gasteiger partial charge in [0.15, 0.2) is 5.84 Å². The summed E-state index contributed by atoms with van der Waals surface area (Å²) >= 11 is 5.39. The van der Waals surface area contributed by atoms with Crippen molar-refractivity contribution in [2.24, 2.45) is 10.3 Å². The lowest BCUT2D eigenvalue weighted by Gasteiger charge is -2.21. The average molecular weight is 613 g/mol. The van der Waals surface area contributed by atoms with E-state index in [4.69, 9.17) is 11.6 Å². The first-order valence-corrected chi connectivity index (χ1v) is 15.3. The van der Waals surface area contributed by atoms with E-state index in [0.29, 0.717) is 6.42 Å². The molecule has 0 fully saturated rings. The molecule has 0 saturated heterocycles. The fraction of sp³-hybridized carbons (Fsp3) is 0.304. The molecule has 3 heterocycles. The molecule has 214 valence electrons. The molecule has 0 radical (unpaired) electrons. The van der Waals surface area contributed by atoms with Gasteiger partial charge in [0.1, 0.15) is 28.5 Å². The summed E-state index contributed by atoms with van der Waals surface area (Å²) in [6.45, 7) is 4.01. The van der Waals surface area contributed by atoms with E-state index in [1.165, 1.54) is 22.9 Å². The van der Waals surface area contributed by atoms with Crippen molar-refractivity contribution in [3.63, 3.8) is 0 Å². The van der Waals surface area contributed by atoms with Crippen molar-refractivity contribution < 1.29 is 31.5 Å². The maximum Gasteiger partial charge on any atom is 0.422 e. The molecule has 0 atom stereocenters. The second-order valence-corrected chi connectivity index (χ2v) is 12.4. The van der Waals surface area contributed by atoms with Crippen LogP contribution >= 0.6 is 11.6 Å². The minimum Gasteiger partial charge on any atom is -0.506 e. The minimum absolute atomic E-state index is 0.0266. The number of hydrogen-bond acceptors (Lipinski definition) is 10. The summed E-state index contributed by atoms with van der Waals surface area (Å²) in [5, 5.41) is 14.0. The minimum atomic E-state index is -4.49. The Balaban J connectivity index is 1.72. The molecule has 2 aromatic heterocycles. The number of sulfonamides is 1. The number of fused-ring (bicyclic) bond motifs is 2. The van der Waals surface area contributed by atoms with Gasteiger partial charge in [-0.25, -0.2) is 14.5 Å². The van der Waals surface area contributed by atoms with Crippen molar-refractivity contribution in [2.75, 3.05) is 22.5 Å². The first kappa shape index (κ1) is 29.1. The van der Waals surface area contributed by atoms with Crippen LogP contribution in [0.4, 0.5) is 16.2 Å². The van der Waals surface area contributed by atoms with E-state index in [1.54, 1.807) is 16.9 Å². The summed E-state index contributed by atoms with van der Waals surface area (Å²) in [6, 6.07) is 6.56. The quantitative estimate of drug-likeness (QED) is 0.260. The fourth-order valence-electron chi connectivity index (χ4n) is 3.85. The van der Waals surface area contributed by atoms with Crippen LogP contribution in [-0.2, 0) is 31.5 Å². The number of carbonyl (C=O) groups is 1. The number of ether oxygens (including phenoxy) is 1. The van der Waals surface area contributed by atoms with Crippen LogP contribution < -0.4 is 20.3 Å². The lowest BCUT2D eigenvalue weighted by atomic mass is 10.1. The van der Waals surface area contributed by atoms with Gasteiger partial charge in [-0.3, -0.25) is 14.1 Å². The molecule has 0 bridgehead atoms. The molecule has 0 spiro atoms. The summed E-state index contributed by atoms with van der Waals surface area (Å²) in [4.78, 5) is 28.9. The van der Waals surface area contributed by atoms with Crippen molar-refractivity contribution in [3.05, 3.63) is 52.4 Å². The van der Waals surface area contributed by atoms with E-state index < -0.39 is 48.4 Å². The number of aromatic nitrogens is 2.